The maximum Gasteiger partial charge on any atom is 0.292 e. The predicted molar refractivity (Wildman–Crippen MR) is 80.9 cm³/mol. The van der Waals surface area contributed by atoms with Gasteiger partial charge in [-0.15, -0.1) is 0 Å². The third kappa shape index (κ3) is 3.28. The number of para-hydroxylation sites is 1. The molecule has 2 rings (SSSR count). The van der Waals surface area contributed by atoms with Crippen LogP contribution in [0.15, 0.2) is 18.2 Å². The number of nitrogens with zero attached hydrogens (tertiary/aromatic N) is 2. The van der Waals surface area contributed by atoms with Gasteiger partial charge in [0, 0.05) is 26.2 Å². The van der Waals surface area contributed by atoms with Gasteiger partial charge in [0.25, 0.3) is 5.69 Å². The molecule has 1 aromatic carbocycles. The molecule has 0 spiro atoms. The standard InChI is InChI=1S/C15H23N3O2/c1-3-17(10-12-6-4-7-12)11-13-8-5-9-14(18(19)20)15(13)16-2/h5,8-9,12,16H,3-4,6-7,10-11H2,1-2H3. The molecule has 20 heavy (non-hydrogen) atoms. The van der Waals surface area contributed by atoms with E-state index in [0.29, 0.717) is 5.69 Å². The Balaban J connectivity index is 2.13. The zero-order valence-electron chi connectivity index (χ0n) is 12.3. The van der Waals surface area contributed by atoms with Gasteiger partial charge in [-0.25, -0.2) is 0 Å². The topological polar surface area (TPSA) is 58.4 Å². The molecular formula is C15H23N3O2. The Hall–Kier alpha value is -1.62. The summed E-state index contributed by atoms with van der Waals surface area (Å²) in [5.74, 6) is 0.812. The monoisotopic (exact) mass is 277 g/mol. The van der Waals surface area contributed by atoms with Crippen molar-refractivity contribution in [3.05, 3.63) is 33.9 Å². The summed E-state index contributed by atoms with van der Waals surface area (Å²) >= 11 is 0. The Bertz CT molecular complexity index is 472. The zero-order chi connectivity index (χ0) is 14.5. The molecule has 1 saturated carbocycles. The molecule has 1 fully saturated rings. The molecule has 1 aliphatic carbocycles. The van der Waals surface area contributed by atoms with Crippen LogP contribution in [0, 0.1) is 16.0 Å². The van der Waals surface area contributed by atoms with Crippen molar-refractivity contribution in [2.24, 2.45) is 5.92 Å². The number of nitro benzene ring substituents is 1. The third-order valence-electron chi connectivity index (χ3n) is 4.16. The lowest BCUT2D eigenvalue weighted by molar-refractivity contribution is -0.384. The first kappa shape index (κ1) is 14.8. The molecule has 0 bridgehead atoms. The van der Waals surface area contributed by atoms with E-state index in [2.05, 4.69) is 17.1 Å². The van der Waals surface area contributed by atoms with Gasteiger partial charge in [-0.3, -0.25) is 15.0 Å². The van der Waals surface area contributed by atoms with Gasteiger partial charge in [0.1, 0.15) is 5.69 Å². The lowest BCUT2D eigenvalue weighted by Gasteiger charge is -2.32. The van der Waals surface area contributed by atoms with E-state index in [1.807, 2.05) is 6.07 Å². The zero-order valence-corrected chi connectivity index (χ0v) is 12.3. The Labute approximate surface area is 120 Å². The van der Waals surface area contributed by atoms with Crippen molar-refractivity contribution in [1.29, 1.82) is 0 Å². The van der Waals surface area contributed by atoms with E-state index in [1.54, 1.807) is 19.2 Å². The van der Waals surface area contributed by atoms with Crippen LogP contribution in [0.25, 0.3) is 0 Å². The minimum Gasteiger partial charge on any atom is -0.382 e. The number of nitrogens with one attached hydrogen (secondary N) is 1. The molecule has 1 aromatic rings. The third-order valence-corrected chi connectivity index (χ3v) is 4.16. The molecule has 0 aliphatic heterocycles. The maximum absolute atomic E-state index is 11.1. The van der Waals surface area contributed by atoms with Gasteiger partial charge in [0.15, 0.2) is 0 Å². The fourth-order valence-corrected chi connectivity index (χ4v) is 2.75. The van der Waals surface area contributed by atoms with Crippen LogP contribution >= 0.6 is 0 Å². The summed E-state index contributed by atoms with van der Waals surface area (Å²) < 4.78 is 0. The molecule has 0 saturated heterocycles. The average molecular weight is 277 g/mol. The Morgan fingerprint density at radius 2 is 2.20 bits per heavy atom. The number of nitro groups is 1. The summed E-state index contributed by atoms with van der Waals surface area (Å²) in [6, 6.07) is 5.30. The first-order valence-corrected chi connectivity index (χ1v) is 7.32. The first-order valence-electron chi connectivity index (χ1n) is 7.32. The number of benzene rings is 1. The van der Waals surface area contributed by atoms with Gasteiger partial charge in [0.2, 0.25) is 0 Å². The van der Waals surface area contributed by atoms with Gasteiger partial charge in [-0.1, -0.05) is 25.5 Å². The average Bonchev–Trinajstić information content (AvgIpc) is 2.40. The summed E-state index contributed by atoms with van der Waals surface area (Å²) in [7, 11) is 1.74. The fraction of sp³-hybridized carbons (Fsp3) is 0.600. The summed E-state index contributed by atoms with van der Waals surface area (Å²) in [6.07, 6.45) is 4.00. The summed E-state index contributed by atoms with van der Waals surface area (Å²) in [6.45, 7) is 4.99. The predicted octanol–water partition coefficient (Wildman–Crippen LogP) is 3.26. The van der Waals surface area contributed by atoms with Crippen molar-refractivity contribution in [3.8, 4) is 0 Å². The molecule has 0 amide bonds. The minimum absolute atomic E-state index is 0.157. The van der Waals surface area contributed by atoms with Crippen LogP contribution < -0.4 is 5.32 Å². The number of hydrogen-bond acceptors (Lipinski definition) is 4. The second-order valence-electron chi connectivity index (χ2n) is 5.44. The molecular weight excluding hydrogens is 254 g/mol. The normalized spacial score (nSPS) is 15.2. The highest BCUT2D eigenvalue weighted by Crippen LogP contribution is 2.31. The molecule has 1 N–H and O–H groups in total. The van der Waals surface area contributed by atoms with Crippen LogP contribution in [0.3, 0.4) is 0 Å². The van der Waals surface area contributed by atoms with Crippen molar-refractivity contribution in [1.82, 2.24) is 4.90 Å². The smallest absolute Gasteiger partial charge is 0.292 e. The van der Waals surface area contributed by atoms with Gasteiger partial charge >= 0.3 is 0 Å². The SMILES string of the molecule is CCN(Cc1cccc([N+](=O)[O-])c1NC)CC1CCC1. The van der Waals surface area contributed by atoms with Crippen LogP contribution in [0.1, 0.15) is 31.7 Å². The van der Waals surface area contributed by atoms with Crippen molar-refractivity contribution >= 4 is 11.4 Å². The molecule has 5 heteroatoms. The largest absolute Gasteiger partial charge is 0.382 e. The Kier molecular flexibility index (Phi) is 4.95. The molecule has 1 aliphatic rings. The molecule has 0 heterocycles. The van der Waals surface area contributed by atoms with Crippen LogP contribution in [0.5, 0.6) is 0 Å². The minimum atomic E-state index is -0.322. The van der Waals surface area contributed by atoms with Gasteiger partial charge in [-0.05, 0) is 30.9 Å². The molecule has 110 valence electrons. The molecule has 0 radical (unpaired) electrons. The summed E-state index contributed by atoms with van der Waals surface area (Å²) in [5, 5.41) is 14.1. The highest BCUT2D eigenvalue weighted by atomic mass is 16.6. The number of anilines is 1. The fourth-order valence-electron chi connectivity index (χ4n) is 2.75. The van der Waals surface area contributed by atoms with Gasteiger partial charge in [-0.2, -0.15) is 0 Å². The summed E-state index contributed by atoms with van der Waals surface area (Å²) in [5.41, 5.74) is 1.80. The van der Waals surface area contributed by atoms with E-state index in [1.165, 1.54) is 19.3 Å². The van der Waals surface area contributed by atoms with Crippen molar-refractivity contribution in [2.45, 2.75) is 32.7 Å². The van der Waals surface area contributed by atoms with Crippen LogP contribution in [0.4, 0.5) is 11.4 Å². The molecule has 0 atom stereocenters. The van der Waals surface area contributed by atoms with E-state index in [-0.39, 0.29) is 10.6 Å². The van der Waals surface area contributed by atoms with Crippen LogP contribution in [0.2, 0.25) is 0 Å². The van der Waals surface area contributed by atoms with Crippen molar-refractivity contribution in [3.63, 3.8) is 0 Å². The molecule has 0 unspecified atom stereocenters. The Morgan fingerprint density at radius 3 is 2.70 bits per heavy atom. The molecule has 5 nitrogen and oxygen atoms in total. The van der Waals surface area contributed by atoms with E-state index in [9.17, 15) is 10.1 Å². The van der Waals surface area contributed by atoms with Crippen molar-refractivity contribution in [2.75, 3.05) is 25.5 Å². The highest BCUT2D eigenvalue weighted by Gasteiger charge is 2.22. The Morgan fingerprint density at radius 1 is 1.45 bits per heavy atom. The lowest BCUT2D eigenvalue weighted by atomic mass is 9.85. The van der Waals surface area contributed by atoms with Crippen molar-refractivity contribution < 1.29 is 4.92 Å². The highest BCUT2D eigenvalue weighted by molar-refractivity contribution is 5.66. The molecule has 0 aromatic heterocycles. The van der Waals surface area contributed by atoms with Crippen LogP contribution in [-0.4, -0.2) is 30.0 Å². The number of rotatable bonds is 7. The quantitative estimate of drug-likeness (QED) is 0.614. The van der Waals surface area contributed by atoms with E-state index >= 15 is 0 Å². The van der Waals surface area contributed by atoms with E-state index in [4.69, 9.17) is 0 Å². The second kappa shape index (κ2) is 6.70. The van der Waals surface area contributed by atoms with Gasteiger partial charge < -0.3 is 5.32 Å². The second-order valence-corrected chi connectivity index (χ2v) is 5.44. The van der Waals surface area contributed by atoms with E-state index < -0.39 is 0 Å². The maximum atomic E-state index is 11.1. The first-order chi connectivity index (χ1) is 9.65. The lowest BCUT2D eigenvalue weighted by Crippen LogP contribution is -2.32. The van der Waals surface area contributed by atoms with Gasteiger partial charge in [0.05, 0.1) is 4.92 Å². The number of hydrogen-bond donors (Lipinski definition) is 1. The summed E-state index contributed by atoms with van der Waals surface area (Å²) in [4.78, 5) is 13.1. The van der Waals surface area contributed by atoms with E-state index in [0.717, 1.165) is 31.1 Å². The van der Waals surface area contributed by atoms with Crippen LogP contribution in [-0.2, 0) is 6.54 Å².